The van der Waals surface area contributed by atoms with Crippen molar-refractivity contribution in [2.24, 2.45) is 5.92 Å². The number of anilines is 1. The van der Waals surface area contributed by atoms with Gasteiger partial charge in [-0.1, -0.05) is 0 Å². The first-order chi connectivity index (χ1) is 10.4. The number of piperidine rings is 1. The van der Waals surface area contributed by atoms with Crippen molar-refractivity contribution >= 4 is 5.95 Å². The summed E-state index contributed by atoms with van der Waals surface area (Å²) in [6.45, 7) is 2.12. The average Bonchev–Trinajstić information content (AvgIpc) is 3.00. The Kier molecular flexibility index (Phi) is 3.71. The first-order valence-corrected chi connectivity index (χ1v) is 6.87. The van der Waals surface area contributed by atoms with Crippen LogP contribution < -0.4 is 4.90 Å². The molecule has 0 aromatic carbocycles. The van der Waals surface area contributed by atoms with Crippen molar-refractivity contribution in [2.45, 2.75) is 25.9 Å². The first-order valence-electron chi connectivity index (χ1n) is 6.87. The number of nitrogens with zero attached hydrogens (tertiary/aromatic N) is 5. The third-order valence-corrected chi connectivity index (χ3v) is 3.59. The highest BCUT2D eigenvalue weighted by molar-refractivity contribution is 5.50. The van der Waals surface area contributed by atoms with Crippen LogP contribution in [0.4, 0.5) is 19.1 Å². The third kappa shape index (κ3) is 3.02. The van der Waals surface area contributed by atoms with Crippen molar-refractivity contribution in [2.75, 3.05) is 18.0 Å². The van der Waals surface area contributed by atoms with E-state index in [0.29, 0.717) is 24.4 Å². The van der Waals surface area contributed by atoms with Crippen LogP contribution in [0.1, 0.15) is 18.5 Å². The quantitative estimate of drug-likeness (QED) is 0.849. The highest BCUT2D eigenvalue weighted by Gasteiger charge is 2.42. The Morgan fingerprint density at radius 1 is 1.32 bits per heavy atom. The van der Waals surface area contributed by atoms with Crippen LogP contribution in [0, 0.1) is 12.8 Å². The summed E-state index contributed by atoms with van der Waals surface area (Å²) in [6.07, 6.45) is -2.43. The zero-order valence-corrected chi connectivity index (χ0v) is 11.8. The molecule has 22 heavy (non-hydrogen) atoms. The molecule has 1 unspecified atom stereocenters. The highest BCUT2D eigenvalue weighted by Crippen LogP contribution is 2.34. The smallest absolute Gasteiger partial charge is 0.393 e. The van der Waals surface area contributed by atoms with E-state index < -0.39 is 12.1 Å². The molecule has 2 aromatic rings. The van der Waals surface area contributed by atoms with Crippen molar-refractivity contribution in [1.29, 1.82) is 0 Å². The SMILES string of the molecule is Cc1cc(-c2nnco2)nc(N2CCCC(C(F)(F)F)C2)n1. The summed E-state index contributed by atoms with van der Waals surface area (Å²) in [4.78, 5) is 10.1. The highest BCUT2D eigenvalue weighted by atomic mass is 19.4. The molecule has 9 heteroatoms. The Morgan fingerprint density at radius 3 is 2.82 bits per heavy atom. The standard InChI is InChI=1S/C13H14F3N5O/c1-8-5-10(11-20-17-7-22-11)19-12(18-8)21-4-2-3-9(6-21)13(14,15)16/h5,7,9H,2-4,6H2,1H3. The molecule has 3 heterocycles. The van der Waals surface area contributed by atoms with Crippen LogP contribution in [-0.4, -0.2) is 39.4 Å². The fourth-order valence-corrected chi connectivity index (χ4v) is 2.51. The molecule has 1 aliphatic rings. The predicted molar refractivity (Wildman–Crippen MR) is 71.1 cm³/mol. The summed E-state index contributed by atoms with van der Waals surface area (Å²) < 4.78 is 43.8. The number of halogens is 3. The van der Waals surface area contributed by atoms with Crippen molar-refractivity contribution in [3.8, 4) is 11.6 Å². The number of hydrogen-bond acceptors (Lipinski definition) is 6. The second-order valence-electron chi connectivity index (χ2n) is 5.27. The summed E-state index contributed by atoms with van der Waals surface area (Å²) in [7, 11) is 0. The Labute approximate surface area is 124 Å². The maximum Gasteiger partial charge on any atom is 0.393 e. The molecule has 0 spiro atoms. The molecule has 2 aromatic heterocycles. The number of alkyl halides is 3. The predicted octanol–water partition coefficient (Wildman–Crippen LogP) is 2.61. The van der Waals surface area contributed by atoms with Gasteiger partial charge in [-0.05, 0) is 25.8 Å². The fraction of sp³-hybridized carbons (Fsp3) is 0.538. The molecule has 118 valence electrons. The van der Waals surface area contributed by atoms with Gasteiger partial charge in [0.25, 0.3) is 5.89 Å². The maximum absolute atomic E-state index is 12.9. The molecule has 0 N–H and O–H groups in total. The minimum absolute atomic E-state index is 0.129. The fourth-order valence-electron chi connectivity index (χ4n) is 2.51. The number of rotatable bonds is 2. The second kappa shape index (κ2) is 5.54. The van der Waals surface area contributed by atoms with Gasteiger partial charge in [-0.3, -0.25) is 0 Å². The molecule has 1 saturated heterocycles. The molecule has 1 fully saturated rings. The Balaban J connectivity index is 1.88. The molecule has 0 bridgehead atoms. The van der Waals surface area contributed by atoms with Gasteiger partial charge in [0.1, 0.15) is 5.69 Å². The lowest BCUT2D eigenvalue weighted by atomic mass is 9.98. The molecule has 0 aliphatic carbocycles. The molecule has 0 amide bonds. The van der Waals surface area contributed by atoms with E-state index in [1.165, 1.54) is 6.39 Å². The summed E-state index contributed by atoms with van der Waals surface area (Å²) in [6, 6.07) is 1.65. The zero-order valence-electron chi connectivity index (χ0n) is 11.8. The van der Waals surface area contributed by atoms with E-state index in [2.05, 4.69) is 20.2 Å². The van der Waals surface area contributed by atoms with E-state index in [0.717, 1.165) is 0 Å². The zero-order chi connectivity index (χ0) is 15.7. The summed E-state index contributed by atoms with van der Waals surface area (Å²) in [5.41, 5.74) is 1.04. The second-order valence-corrected chi connectivity index (χ2v) is 5.27. The number of hydrogen-bond donors (Lipinski definition) is 0. The number of aromatic nitrogens is 4. The number of aryl methyl sites for hydroxylation is 1. The van der Waals surface area contributed by atoms with Gasteiger partial charge in [-0.15, -0.1) is 10.2 Å². The molecule has 0 radical (unpaired) electrons. The van der Waals surface area contributed by atoms with Gasteiger partial charge in [0.2, 0.25) is 12.3 Å². The van der Waals surface area contributed by atoms with Crippen molar-refractivity contribution in [3.05, 3.63) is 18.2 Å². The van der Waals surface area contributed by atoms with Crippen LogP contribution in [0.2, 0.25) is 0 Å². The van der Waals surface area contributed by atoms with Gasteiger partial charge in [-0.2, -0.15) is 13.2 Å². The molecule has 0 saturated carbocycles. The third-order valence-electron chi connectivity index (χ3n) is 3.59. The van der Waals surface area contributed by atoms with Crippen molar-refractivity contribution in [3.63, 3.8) is 0 Å². The molecule has 3 rings (SSSR count). The largest absolute Gasteiger partial charge is 0.422 e. The Bertz CT molecular complexity index is 644. The van der Waals surface area contributed by atoms with Crippen LogP contribution >= 0.6 is 0 Å². The lowest BCUT2D eigenvalue weighted by Crippen LogP contribution is -2.42. The molecular weight excluding hydrogens is 299 g/mol. The molecule has 1 atom stereocenters. The summed E-state index contributed by atoms with van der Waals surface area (Å²) in [5.74, 6) is -0.865. The van der Waals surface area contributed by atoms with Crippen LogP contribution in [-0.2, 0) is 0 Å². The molecule has 6 nitrogen and oxygen atoms in total. The van der Waals surface area contributed by atoms with E-state index >= 15 is 0 Å². The molecule has 1 aliphatic heterocycles. The van der Waals surface area contributed by atoms with E-state index in [-0.39, 0.29) is 24.8 Å². The normalized spacial score (nSPS) is 19.5. The van der Waals surface area contributed by atoms with E-state index in [9.17, 15) is 13.2 Å². The molecular formula is C13H14F3N5O. The van der Waals surface area contributed by atoms with Crippen molar-refractivity contribution in [1.82, 2.24) is 20.2 Å². The van der Waals surface area contributed by atoms with Crippen LogP contribution in [0.5, 0.6) is 0 Å². The van der Waals surface area contributed by atoms with Crippen molar-refractivity contribution < 1.29 is 17.6 Å². The monoisotopic (exact) mass is 313 g/mol. The minimum atomic E-state index is -4.20. The van der Waals surface area contributed by atoms with E-state index in [4.69, 9.17) is 4.42 Å². The summed E-state index contributed by atoms with van der Waals surface area (Å²) in [5, 5.41) is 7.34. The van der Waals surface area contributed by atoms with Gasteiger partial charge in [0.05, 0.1) is 5.92 Å². The van der Waals surface area contributed by atoms with Gasteiger partial charge < -0.3 is 9.32 Å². The Hall–Kier alpha value is -2.19. The maximum atomic E-state index is 12.9. The minimum Gasteiger partial charge on any atom is -0.422 e. The lowest BCUT2D eigenvalue weighted by molar-refractivity contribution is -0.176. The summed E-state index contributed by atoms with van der Waals surface area (Å²) >= 11 is 0. The Morgan fingerprint density at radius 2 is 2.14 bits per heavy atom. The van der Waals surface area contributed by atoms with Gasteiger partial charge in [0, 0.05) is 18.8 Å². The van der Waals surface area contributed by atoms with E-state index in [1.807, 2.05) is 0 Å². The first kappa shape index (κ1) is 14.7. The topological polar surface area (TPSA) is 67.9 Å². The van der Waals surface area contributed by atoms with Gasteiger partial charge in [-0.25, -0.2) is 9.97 Å². The van der Waals surface area contributed by atoms with E-state index in [1.54, 1.807) is 17.9 Å². The average molecular weight is 313 g/mol. The van der Waals surface area contributed by atoms with Gasteiger partial charge in [0.15, 0.2) is 0 Å². The lowest BCUT2D eigenvalue weighted by Gasteiger charge is -2.33. The van der Waals surface area contributed by atoms with Crippen LogP contribution in [0.3, 0.4) is 0 Å². The van der Waals surface area contributed by atoms with Crippen LogP contribution in [0.15, 0.2) is 16.9 Å². The van der Waals surface area contributed by atoms with Crippen LogP contribution in [0.25, 0.3) is 11.6 Å². The van der Waals surface area contributed by atoms with Gasteiger partial charge >= 0.3 is 6.18 Å².